The highest BCUT2D eigenvalue weighted by molar-refractivity contribution is 6.35. The number of halogens is 1. The molecule has 0 atom stereocenters. The highest BCUT2D eigenvalue weighted by Crippen LogP contribution is 2.28. The van der Waals surface area contributed by atoms with E-state index in [1.165, 1.54) is 4.90 Å². The number of benzene rings is 2. The fourth-order valence-corrected chi connectivity index (χ4v) is 3.36. The van der Waals surface area contributed by atoms with Crippen LogP contribution in [0.4, 0.5) is 0 Å². The number of carbonyl (C=O) groups is 3. The van der Waals surface area contributed by atoms with Gasteiger partial charge in [-0.25, -0.2) is 4.79 Å². The molecule has 1 fully saturated rings. The van der Waals surface area contributed by atoms with Gasteiger partial charge in [-0.05, 0) is 24.1 Å². The predicted molar refractivity (Wildman–Crippen MR) is 115 cm³/mol. The van der Waals surface area contributed by atoms with Crippen LogP contribution in [-0.2, 0) is 19.2 Å². The lowest BCUT2D eigenvalue weighted by Gasteiger charge is -2.32. The van der Waals surface area contributed by atoms with Gasteiger partial charge in [0.15, 0.2) is 0 Å². The second-order valence-electron chi connectivity index (χ2n) is 6.88. The van der Waals surface area contributed by atoms with Gasteiger partial charge in [-0.2, -0.15) is 5.06 Å². The maximum atomic E-state index is 12.6. The van der Waals surface area contributed by atoms with Gasteiger partial charge >= 0.3 is 17.8 Å². The first kappa shape index (κ1) is 23.4. The summed E-state index contributed by atoms with van der Waals surface area (Å²) in [5, 5.41) is 0.872. The van der Waals surface area contributed by atoms with Crippen molar-refractivity contribution in [2.24, 2.45) is 5.73 Å². The topological polar surface area (TPSA) is 92.9 Å². The van der Waals surface area contributed by atoms with Crippen molar-refractivity contribution in [3.05, 3.63) is 71.8 Å². The minimum Gasteiger partial charge on any atom is -0.338 e. The predicted octanol–water partition coefficient (Wildman–Crippen LogP) is 2.11. The maximum absolute atomic E-state index is 12.6. The van der Waals surface area contributed by atoms with Crippen molar-refractivity contribution in [1.82, 2.24) is 9.96 Å². The van der Waals surface area contributed by atoms with Crippen LogP contribution in [0.3, 0.4) is 0 Å². The van der Waals surface area contributed by atoms with Gasteiger partial charge < -0.3 is 15.5 Å². The first-order valence-electron chi connectivity index (χ1n) is 9.71. The summed E-state index contributed by atoms with van der Waals surface area (Å²) in [6, 6.07) is 19.3. The van der Waals surface area contributed by atoms with Gasteiger partial charge in [-0.1, -0.05) is 60.7 Å². The molecule has 7 nitrogen and oxygen atoms in total. The first-order chi connectivity index (χ1) is 14.1. The Kier molecular flexibility index (Phi) is 8.83. The Morgan fingerprint density at radius 1 is 0.933 bits per heavy atom. The van der Waals surface area contributed by atoms with Crippen molar-refractivity contribution in [2.75, 3.05) is 26.2 Å². The van der Waals surface area contributed by atoms with E-state index < -0.39 is 17.8 Å². The highest BCUT2D eigenvalue weighted by atomic mass is 35.5. The van der Waals surface area contributed by atoms with E-state index in [9.17, 15) is 14.4 Å². The van der Waals surface area contributed by atoms with Crippen LogP contribution in [0, 0.1) is 0 Å². The summed E-state index contributed by atoms with van der Waals surface area (Å²) in [6.07, 6.45) is 0.678. The van der Waals surface area contributed by atoms with E-state index in [2.05, 4.69) is 0 Å². The van der Waals surface area contributed by atoms with Crippen molar-refractivity contribution >= 4 is 30.2 Å². The molecule has 3 rings (SSSR count). The third-order valence-electron chi connectivity index (χ3n) is 4.89. The van der Waals surface area contributed by atoms with Crippen LogP contribution in [0.25, 0.3) is 0 Å². The molecule has 1 saturated heterocycles. The second kappa shape index (κ2) is 11.3. The zero-order chi connectivity index (χ0) is 20.6. The van der Waals surface area contributed by atoms with E-state index in [0.29, 0.717) is 26.1 Å². The minimum atomic E-state index is -0.822. The standard InChI is InChI=1S/C22H25N3O4.ClH/c23-12-7-13-24-14-15-25(22(28)21(24)27)29-20(26)16-19(17-8-3-1-4-9-17)18-10-5-2-6-11-18;/h1-6,8-11,19H,7,12-16,23H2;1H. The average molecular weight is 432 g/mol. The van der Waals surface area contributed by atoms with Crippen molar-refractivity contribution in [3.8, 4) is 0 Å². The molecule has 30 heavy (non-hydrogen) atoms. The van der Waals surface area contributed by atoms with E-state index in [1.54, 1.807) is 0 Å². The lowest BCUT2D eigenvalue weighted by molar-refractivity contribution is -0.205. The number of nitrogens with zero attached hydrogens (tertiary/aromatic N) is 2. The highest BCUT2D eigenvalue weighted by Gasteiger charge is 2.35. The lowest BCUT2D eigenvalue weighted by Crippen LogP contribution is -2.54. The zero-order valence-electron chi connectivity index (χ0n) is 16.6. The monoisotopic (exact) mass is 431 g/mol. The van der Waals surface area contributed by atoms with Crippen molar-refractivity contribution in [2.45, 2.75) is 18.8 Å². The molecule has 0 radical (unpaired) electrons. The molecule has 2 aromatic rings. The Balaban J connectivity index is 0.00000320. The molecular weight excluding hydrogens is 406 g/mol. The third-order valence-corrected chi connectivity index (χ3v) is 4.89. The Morgan fingerprint density at radius 3 is 2.03 bits per heavy atom. The van der Waals surface area contributed by atoms with Crippen molar-refractivity contribution in [1.29, 1.82) is 0 Å². The van der Waals surface area contributed by atoms with Gasteiger partial charge in [-0.15, -0.1) is 12.4 Å². The van der Waals surface area contributed by atoms with Crippen LogP contribution in [0.1, 0.15) is 29.9 Å². The minimum absolute atomic E-state index is 0. The normalized spacial score (nSPS) is 13.9. The van der Waals surface area contributed by atoms with Gasteiger partial charge in [0.2, 0.25) is 0 Å². The third kappa shape index (κ3) is 5.81. The number of carbonyl (C=O) groups excluding carboxylic acids is 3. The summed E-state index contributed by atoms with van der Waals surface area (Å²) in [4.78, 5) is 43.8. The van der Waals surface area contributed by atoms with E-state index in [0.717, 1.165) is 16.2 Å². The summed E-state index contributed by atoms with van der Waals surface area (Å²) in [7, 11) is 0. The molecule has 0 spiro atoms. The fourth-order valence-electron chi connectivity index (χ4n) is 3.36. The van der Waals surface area contributed by atoms with Gasteiger partial charge in [0, 0.05) is 19.0 Å². The summed E-state index contributed by atoms with van der Waals surface area (Å²) in [5.74, 6) is -2.25. The summed E-state index contributed by atoms with van der Waals surface area (Å²) >= 11 is 0. The molecule has 0 aliphatic carbocycles. The summed E-state index contributed by atoms with van der Waals surface area (Å²) in [5.41, 5.74) is 7.41. The van der Waals surface area contributed by atoms with Crippen molar-refractivity contribution < 1.29 is 19.2 Å². The van der Waals surface area contributed by atoms with Crippen molar-refractivity contribution in [3.63, 3.8) is 0 Å². The molecule has 2 amide bonds. The molecule has 0 saturated carbocycles. The molecule has 2 N–H and O–H groups in total. The summed E-state index contributed by atoms with van der Waals surface area (Å²) in [6.45, 7) is 1.34. The number of hydroxylamine groups is 2. The van der Waals surface area contributed by atoms with Crippen LogP contribution in [0.15, 0.2) is 60.7 Å². The number of hydrogen-bond donors (Lipinski definition) is 1. The maximum Gasteiger partial charge on any atom is 0.344 e. The Bertz CT molecular complexity index is 808. The van der Waals surface area contributed by atoms with Crippen LogP contribution < -0.4 is 5.73 Å². The molecule has 1 aliphatic rings. The van der Waals surface area contributed by atoms with Crippen LogP contribution in [0.5, 0.6) is 0 Å². The SMILES string of the molecule is Cl.NCCCN1CCN(OC(=O)CC(c2ccccc2)c2ccccc2)C(=O)C1=O. The average Bonchev–Trinajstić information content (AvgIpc) is 2.76. The molecule has 1 aliphatic heterocycles. The number of hydrogen-bond acceptors (Lipinski definition) is 5. The zero-order valence-corrected chi connectivity index (χ0v) is 17.4. The number of rotatable bonds is 8. The quantitative estimate of drug-likeness (QED) is 0.646. The molecule has 8 heteroatoms. The molecule has 2 aromatic carbocycles. The van der Waals surface area contributed by atoms with Crippen LogP contribution in [-0.4, -0.2) is 53.9 Å². The van der Waals surface area contributed by atoms with Gasteiger partial charge in [0.05, 0.1) is 13.0 Å². The largest absolute Gasteiger partial charge is 0.344 e. The van der Waals surface area contributed by atoms with Gasteiger partial charge in [-0.3, -0.25) is 9.59 Å². The van der Waals surface area contributed by atoms with Gasteiger partial charge in [0.1, 0.15) is 0 Å². The Morgan fingerprint density at radius 2 is 1.50 bits per heavy atom. The van der Waals surface area contributed by atoms with Crippen LogP contribution in [0.2, 0.25) is 0 Å². The van der Waals surface area contributed by atoms with E-state index in [-0.39, 0.29) is 31.3 Å². The lowest BCUT2D eigenvalue weighted by atomic mass is 9.89. The van der Waals surface area contributed by atoms with E-state index in [1.807, 2.05) is 60.7 Å². The molecule has 0 aromatic heterocycles. The molecular formula is C22H26ClN3O4. The molecule has 1 heterocycles. The van der Waals surface area contributed by atoms with E-state index in [4.69, 9.17) is 10.6 Å². The molecule has 0 unspecified atom stereocenters. The number of nitrogens with two attached hydrogens (primary N) is 1. The summed E-state index contributed by atoms with van der Waals surface area (Å²) < 4.78 is 0. The second-order valence-corrected chi connectivity index (χ2v) is 6.88. The molecule has 160 valence electrons. The Hall–Kier alpha value is -2.90. The first-order valence-corrected chi connectivity index (χ1v) is 9.71. The van der Waals surface area contributed by atoms with Crippen LogP contribution >= 0.6 is 12.4 Å². The number of piperazine rings is 1. The number of amides is 2. The van der Waals surface area contributed by atoms with Gasteiger partial charge in [0.25, 0.3) is 0 Å². The smallest absolute Gasteiger partial charge is 0.338 e. The Labute approximate surface area is 182 Å². The molecule has 0 bridgehead atoms. The fraction of sp³-hybridized carbons (Fsp3) is 0.318. The van der Waals surface area contributed by atoms with E-state index >= 15 is 0 Å².